The third-order valence-electron chi connectivity index (χ3n) is 1.65. The largest absolute Gasteiger partial charge is 0.311 e. The Morgan fingerprint density at radius 1 is 1.31 bits per heavy atom. The van der Waals surface area contributed by atoms with Crippen molar-refractivity contribution in [1.29, 1.82) is 0 Å². The van der Waals surface area contributed by atoms with Gasteiger partial charge in [-0.1, -0.05) is 13.8 Å². The van der Waals surface area contributed by atoms with Gasteiger partial charge in [0.1, 0.15) is 0 Å². The SMILES string of the molecule is CN(C)CC(C)(C)CNCC(F)F. The Labute approximate surface area is 79.3 Å². The second kappa shape index (κ2) is 5.50. The van der Waals surface area contributed by atoms with Gasteiger partial charge >= 0.3 is 0 Å². The van der Waals surface area contributed by atoms with Gasteiger partial charge < -0.3 is 10.2 Å². The maximum atomic E-state index is 11.8. The fourth-order valence-corrected chi connectivity index (χ4v) is 1.43. The van der Waals surface area contributed by atoms with E-state index in [-0.39, 0.29) is 12.0 Å². The second-order valence-electron chi connectivity index (χ2n) is 4.42. The zero-order valence-corrected chi connectivity index (χ0v) is 8.90. The number of nitrogens with zero attached hydrogens (tertiary/aromatic N) is 1. The zero-order chi connectivity index (χ0) is 10.5. The lowest BCUT2D eigenvalue weighted by atomic mass is 9.93. The summed E-state index contributed by atoms with van der Waals surface area (Å²) in [4.78, 5) is 2.06. The van der Waals surface area contributed by atoms with Gasteiger partial charge in [0.2, 0.25) is 0 Å². The van der Waals surface area contributed by atoms with E-state index in [9.17, 15) is 8.78 Å². The van der Waals surface area contributed by atoms with E-state index in [0.29, 0.717) is 6.54 Å². The highest BCUT2D eigenvalue weighted by Gasteiger charge is 2.18. The molecule has 0 fully saturated rings. The van der Waals surface area contributed by atoms with Crippen molar-refractivity contribution < 1.29 is 8.78 Å². The average molecular weight is 194 g/mol. The van der Waals surface area contributed by atoms with E-state index >= 15 is 0 Å². The molecule has 4 heteroatoms. The van der Waals surface area contributed by atoms with Gasteiger partial charge in [0.25, 0.3) is 6.43 Å². The van der Waals surface area contributed by atoms with Gasteiger partial charge in [0, 0.05) is 13.1 Å². The molecule has 0 atom stereocenters. The van der Waals surface area contributed by atoms with Crippen molar-refractivity contribution in [1.82, 2.24) is 10.2 Å². The monoisotopic (exact) mass is 194 g/mol. The minimum Gasteiger partial charge on any atom is -0.311 e. The minimum atomic E-state index is -2.25. The van der Waals surface area contributed by atoms with Crippen LogP contribution in [-0.2, 0) is 0 Å². The summed E-state index contributed by atoms with van der Waals surface area (Å²) in [5.74, 6) is 0. The van der Waals surface area contributed by atoms with E-state index in [0.717, 1.165) is 6.54 Å². The highest BCUT2D eigenvalue weighted by Crippen LogP contribution is 2.13. The molecule has 2 nitrogen and oxygen atoms in total. The summed E-state index contributed by atoms with van der Waals surface area (Å²) in [6.45, 7) is 5.42. The average Bonchev–Trinajstić information content (AvgIpc) is 1.81. The van der Waals surface area contributed by atoms with Crippen LogP contribution >= 0.6 is 0 Å². The van der Waals surface area contributed by atoms with Crippen LogP contribution in [0.25, 0.3) is 0 Å². The quantitative estimate of drug-likeness (QED) is 0.688. The van der Waals surface area contributed by atoms with E-state index in [4.69, 9.17) is 0 Å². The zero-order valence-electron chi connectivity index (χ0n) is 8.90. The summed E-state index contributed by atoms with van der Waals surface area (Å²) < 4.78 is 23.6. The molecule has 0 spiro atoms. The summed E-state index contributed by atoms with van der Waals surface area (Å²) >= 11 is 0. The molecule has 0 saturated heterocycles. The van der Waals surface area contributed by atoms with Crippen molar-refractivity contribution in [2.75, 3.05) is 33.7 Å². The van der Waals surface area contributed by atoms with Crippen molar-refractivity contribution in [2.24, 2.45) is 5.41 Å². The first-order chi connectivity index (χ1) is 5.83. The third-order valence-corrected chi connectivity index (χ3v) is 1.65. The molecular weight excluding hydrogens is 174 g/mol. The highest BCUT2D eigenvalue weighted by atomic mass is 19.3. The molecule has 0 radical (unpaired) electrons. The van der Waals surface area contributed by atoms with Gasteiger partial charge in [-0.05, 0) is 19.5 Å². The van der Waals surface area contributed by atoms with Crippen molar-refractivity contribution in [2.45, 2.75) is 20.3 Å². The summed E-state index contributed by atoms with van der Waals surface area (Å²) in [5, 5.41) is 2.75. The van der Waals surface area contributed by atoms with Gasteiger partial charge in [0.05, 0.1) is 6.54 Å². The number of halogens is 2. The number of nitrogens with one attached hydrogen (secondary N) is 1. The van der Waals surface area contributed by atoms with Crippen LogP contribution in [0.5, 0.6) is 0 Å². The topological polar surface area (TPSA) is 15.3 Å². The van der Waals surface area contributed by atoms with Crippen molar-refractivity contribution in [3.63, 3.8) is 0 Å². The molecular formula is C9H20F2N2. The lowest BCUT2D eigenvalue weighted by molar-refractivity contribution is 0.137. The van der Waals surface area contributed by atoms with E-state index in [2.05, 4.69) is 24.1 Å². The first-order valence-electron chi connectivity index (χ1n) is 4.47. The Kier molecular flexibility index (Phi) is 5.40. The van der Waals surface area contributed by atoms with Crippen molar-refractivity contribution >= 4 is 0 Å². The number of rotatable bonds is 6. The van der Waals surface area contributed by atoms with Crippen molar-refractivity contribution in [3.8, 4) is 0 Å². The van der Waals surface area contributed by atoms with Crippen LogP contribution in [-0.4, -0.2) is 45.1 Å². The molecule has 0 heterocycles. The molecule has 0 rings (SSSR count). The Balaban J connectivity index is 3.62. The van der Waals surface area contributed by atoms with Gasteiger partial charge in [-0.15, -0.1) is 0 Å². The minimum absolute atomic E-state index is 0.0401. The molecule has 0 aromatic carbocycles. The number of alkyl halides is 2. The van der Waals surface area contributed by atoms with E-state index in [1.807, 2.05) is 14.1 Å². The first-order valence-corrected chi connectivity index (χ1v) is 4.47. The maximum absolute atomic E-state index is 11.8. The lowest BCUT2D eigenvalue weighted by Gasteiger charge is -2.28. The Bertz CT molecular complexity index is 136. The standard InChI is InChI=1S/C9H20F2N2/c1-9(2,7-13(3)4)6-12-5-8(10)11/h8,12H,5-7H2,1-4H3. The normalized spacial score (nSPS) is 12.9. The predicted molar refractivity (Wildman–Crippen MR) is 51.2 cm³/mol. The van der Waals surface area contributed by atoms with Crippen LogP contribution in [0.3, 0.4) is 0 Å². The molecule has 80 valence electrons. The number of hydrogen-bond donors (Lipinski definition) is 1. The number of hydrogen-bond acceptors (Lipinski definition) is 2. The molecule has 0 aliphatic heterocycles. The highest BCUT2D eigenvalue weighted by molar-refractivity contribution is 4.74. The van der Waals surface area contributed by atoms with Gasteiger partial charge in [-0.2, -0.15) is 0 Å². The summed E-state index contributed by atoms with van der Waals surface area (Å²) in [6.07, 6.45) is -2.25. The van der Waals surface area contributed by atoms with Crippen LogP contribution < -0.4 is 5.32 Å². The first kappa shape index (κ1) is 12.8. The van der Waals surface area contributed by atoms with E-state index in [1.54, 1.807) is 0 Å². The molecule has 0 saturated carbocycles. The van der Waals surface area contributed by atoms with Crippen LogP contribution in [0.4, 0.5) is 8.78 Å². The molecule has 0 unspecified atom stereocenters. The van der Waals surface area contributed by atoms with Gasteiger partial charge in [-0.3, -0.25) is 0 Å². The molecule has 0 aliphatic rings. The fraction of sp³-hybridized carbons (Fsp3) is 1.00. The Morgan fingerprint density at radius 2 is 1.85 bits per heavy atom. The Hall–Kier alpha value is -0.220. The summed E-state index contributed by atoms with van der Waals surface area (Å²) in [7, 11) is 3.96. The molecule has 1 N–H and O–H groups in total. The molecule has 0 aromatic rings. The van der Waals surface area contributed by atoms with Crippen LogP contribution in [0.1, 0.15) is 13.8 Å². The fourth-order valence-electron chi connectivity index (χ4n) is 1.43. The summed E-state index contributed by atoms with van der Waals surface area (Å²) in [5.41, 5.74) is 0.0401. The molecule has 0 aliphatic carbocycles. The smallest absolute Gasteiger partial charge is 0.250 e. The van der Waals surface area contributed by atoms with E-state index in [1.165, 1.54) is 0 Å². The van der Waals surface area contributed by atoms with Crippen LogP contribution in [0.15, 0.2) is 0 Å². The third kappa shape index (κ3) is 8.12. The lowest BCUT2D eigenvalue weighted by Crippen LogP contribution is -2.39. The molecule has 0 amide bonds. The maximum Gasteiger partial charge on any atom is 0.250 e. The van der Waals surface area contributed by atoms with Crippen molar-refractivity contribution in [3.05, 3.63) is 0 Å². The Morgan fingerprint density at radius 3 is 2.23 bits per heavy atom. The van der Waals surface area contributed by atoms with Gasteiger partial charge in [-0.25, -0.2) is 8.78 Å². The van der Waals surface area contributed by atoms with Gasteiger partial charge in [0.15, 0.2) is 0 Å². The summed E-state index contributed by atoms with van der Waals surface area (Å²) in [6, 6.07) is 0. The van der Waals surface area contributed by atoms with Crippen LogP contribution in [0.2, 0.25) is 0 Å². The molecule has 0 aromatic heterocycles. The molecule has 0 bridgehead atoms. The van der Waals surface area contributed by atoms with E-state index < -0.39 is 6.43 Å². The predicted octanol–water partition coefficient (Wildman–Crippen LogP) is 1.43. The molecule has 13 heavy (non-hydrogen) atoms. The second-order valence-corrected chi connectivity index (χ2v) is 4.42. The van der Waals surface area contributed by atoms with Crippen LogP contribution in [0, 0.1) is 5.41 Å².